The van der Waals surface area contributed by atoms with Crippen molar-refractivity contribution in [3.05, 3.63) is 16.1 Å². The van der Waals surface area contributed by atoms with Gasteiger partial charge in [0.1, 0.15) is 11.9 Å². The molecule has 0 fully saturated rings. The molecule has 0 aliphatic heterocycles. The van der Waals surface area contributed by atoms with E-state index in [0.717, 1.165) is 9.99 Å². The Kier molecular flexibility index (Phi) is 3.47. The average molecular weight is 292 g/mol. The molecule has 1 rings (SSSR count). The van der Waals surface area contributed by atoms with Gasteiger partial charge in [0.2, 0.25) is 5.88 Å². The van der Waals surface area contributed by atoms with Crippen molar-refractivity contribution >= 4 is 22.6 Å². The van der Waals surface area contributed by atoms with E-state index in [4.69, 9.17) is 4.74 Å². The van der Waals surface area contributed by atoms with E-state index >= 15 is 0 Å². The van der Waals surface area contributed by atoms with E-state index in [1.807, 2.05) is 13.8 Å². The molecule has 0 aliphatic carbocycles. The maximum absolute atomic E-state index is 5.72. The Morgan fingerprint density at radius 1 is 1.54 bits per heavy atom. The van der Waals surface area contributed by atoms with E-state index in [9.17, 15) is 0 Å². The van der Waals surface area contributed by atoms with Gasteiger partial charge in [-0.3, -0.25) is 0 Å². The molecule has 1 aromatic heterocycles. The lowest BCUT2D eigenvalue weighted by Crippen LogP contribution is -2.27. The third-order valence-electron chi connectivity index (χ3n) is 1.86. The molecule has 0 spiro atoms. The van der Waals surface area contributed by atoms with Gasteiger partial charge in [0.25, 0.3) is 0 Å². The van der Waals surface area contributed by atoms with Crippen LogP contribution in [0.3, 0.4) is 0 Å². The second-order valence-corrected chi connectivity index (χ2v) is 4.55. The van der Waals surface area contributed by atoms with Gasteiger partial charge in [0.05, 0.1) is 3.57 Å². The molecule has 72 valence electrons. The lowest BCUT2D eigenvalue weighted by molar-refractivity contribution is 0.0975. The largest absolute Gasteiger partial charge is 0.471 e. The molecule has 3 nitrogen and oxygen atoms in total. The van der Waals surface area contributed by atoms with Gasteiger partial charge in [-0.25, -0.2) is 9.97 Å². The van der Waals surface area contributed by atoms with E-state index in [-0.39, 0.29) is 5.60 Å². The van der Waals surface area contributed by atoms with Crippen molar-refractivity contribution in [2.45, 2.75) is 32.8 Å². The number of aromatic nitrogens is 2. The number of halogens is 1. The molecule has 0 atom stereocenters. The predicted octanol–water partition coefficient (Wildman–Crippen LogP) is 2.65. The molecule has 4 heteroatoms. The van der Waals surface area contributed by atoms with Gasteiger partial charge in [-0.2, -0.15) is 0 Å². The Hall–Kier alpha value is -0.390. The van der Waals surface area contributed by atoms with E-state index < -0.39 is 0 Å². The maximum Gasteiger partial charge on any atom is 0.230 e. The number of ether oxygens (including phenoxy) is 1. The molecular weight excluding hydrogens is 279 g/mol. The summed E-state index contributed by atoms with van der Waals surface area (Å²) in [6.07, 6.45) is 4.20. The first-order valence-corrected chi connectivity index (χ1v) is 5.27. The van der Waals surface area contributed by atoms with Crippen LogP contribution in [0.1, 0.15) is 27.2 Å². The topological polar surface area (TPSA) is 35.0 Å². The highest BCUT2D eigenvalue weighted by molar-refractivity contribution is 14.1. The van der Waals surface area contributed by atoms with Crippen LogP contribution in [0, 0.1) is 3.57 Å². The van der Waals surface area contributed by atoms with Crippen LogP contribution >= 0.6 is 22.6 Å². The fourth-order valence-electron chi connectivity index (χ4n) is 0.710. The predicted molar refractivity (Wildman–Crippen MR) is 59.7 cm³/mol. The summed E-state index contributed by atoms with van der Waals surface area (Å²) in [6.45, 7) is 6.18. The van der Waals surface area contributed by atoms with Crippen LogP contribution in [-0.4, -0.2) is 15.6 Å². The summed E-state index contributed by atoms with van der Waals surface area (Å²) in [6, 6.07) is 0. The number of rotatable bonds is 3. The number of hydrogen-bond donors (Lipinski definition) is 0. The van der Waals surface area contributed by atoms with Gasteiger partial charge in [0, 0.05) is 6.20 Å². The fraction of sp³-hybridized carbons (Fsp3) is 0.556. The van der Waals surface area contributed by atoms with Crippen LogP contribution in [0.5, 0.6) is 5.88 Å². The zero-order valence-electron chi connectivity index (χ0n) is 8.04. The Morgan fingerprint density at radius 3 is 2.77 bits per heavy atom. The lowest BCUT2D eigenvalue weighted by atomic mass is 10.1. The Bertz CT molecular complexity index is 289. The number of nitrogens with zero attached hydrogens (tertiary/aromatic N) is 2. The minimum atomic E-state index is -0.158. The highest BCUT2D eigenvalue weighted by Gasteiger charge is 2.18. The molecule has 0 saturated heterocycles. The van der Waals surface area contributed by atoms with Crippen LogP contribution in [0.25, 0.3) is 0 Å². The monoisotopic (exact) mass is 292 g/mol. The van der Waals surface area contributed by atoms with E-state index in [0.29, 0.717) is 5.88 Å². The van der Waals surface area contributed by atoms with Crippen molar-refractivity contribution < 1.29 is 4.74 Å². The van der Waals surface area contributed by atoms with Crippen molar-refractivity contribution in [1.29, 1.82) is 0 Å². The normalized spacial score (nSPS) is 11.4. The molecule has 1 heterocycles. The van der Waals surface area contributed by atoms with Crippen molar-refractivity contribution in [2.24, 2.45) is 0 Å². The number of hydrogen-bond acceptors (Lipinski definition) is 3. The molecule has 0 bridgehead atoms. The van der Waals surface area contributed by atoms with Crippen LogP contribution in [0.15, 0.2) is 12.5 Å². The molecule has 0 amide bonds. The molecule has 1 aromatic rings. The second-order valence-electron chi connectivity index (χ2n) is 3.39. The standard InChI is InChI=1S/C9H13IN2O/c1-4-9(2,3)13-8-7(10)5-11-6-12-8/h5-6H,4H2,1-3H3. The molecule has 0 aliphatic rings. The van der Waals surface area contributed by atoms with E-state index in [1.54, 1.807) is 6.20 Å². The van der Waals surface area contributed by atoms with Gasteiger partial charge in [0.15, 0.2) is 0 Å². The third-order valence-corrected chi connectivity index (χ3v) is 2.60. The van der Waals surface area contributed by atoms with Gasteiger partial charge in [-0.15, -0.1) is 0 Å². The van der Waals surface area contributed by atoms with Gasteiger partial charge >= 0.3 is 0 Å². The van der Waals surface area contributed by atoms with Gasteiger partial charge in [-0.05, 0) is 42.9 Å². The molecule has 0 aromatic carbocycles. The minimum Gasteiger partial charge on any atom is -0.471 e. The highest BCUT2D eigenvalue weighted by Crippen LogP contribution is 2.22. The minimum absolute atomic E-state index is 0.158. The van der Waals surface area contributed by atoms with E-state index in [1.165, 1.54) is 6.33 Å². The Labute approximate surface area is 92.1 Å². The van der Waals surface area contributed by atoms with Crippen molar-refractivity contribution in [3.63, 3.8) is 0 Å². The van der Waals surface area contributed by atoms with Crippen LogP contribution in [0.4, 0.5) is 0 Å². The second kappa shape index (κ2) is 4.21. The maximum atomic E-state index is 5.72. The highest BCUT2D eigenvalue weighted by atomic mass is 127. The third kappa shape index (κ3) is 3.10. The summed E-state index contributed by atoms with van der Waals surface area (Å²) < 4.78 is 6.67. The first kappa shape index (κ1) is 10.7. The Morgan fingerprint density at radius 2 is 2.23 bits per heavy atom. The molecule has 0 unspecified atom stereocenters. The fourth-order valence-corrected chi connectivity index (χ4v) is 1.12. The summed E-state index contributed by atoms with van der Waals surface area (Å²) in [5.41, 5.74) is -0.158. The summed E-state index contributed by atoms with van der Waals surface area (Å²) in [4.78, 5) is 7.97. The van der Waals surface area contributed by atoms with Crippen LogP contribution < -0.4 is 4.74 Å². The SMILES string of the molecule is CCC(C)(C)Oc1ncncc1I. The van der Waals surface area contributed by atoms with Gasteiger partial charge < -0.3 is 4.74 Å². The molecule has 0 saturated carbocycles. The molecule has 0 N–H and O–H groups in total. The zero-order chi connectivity index (χ0) is 9.90. The first-order chi connectivity index (χ1) is 6.05. The zero-order valence-corrected chi connectivity index (χ0v) is 10.2. The van der Waals surface area contributed by atoms with Crippen LogP contribution in [0.2, 0.25) is 0 Å². The molecule has 13 heavy (non-hydrogen) atoms. The van der Waals surface area contributed by atoms with E-state index in [2.05, 4.69) is 39.5 Å². The summed E-state index contributed by atoms with van der Waals surface area (Å²) in [5, 5.41) is 0. The summed E-state index contributed by atoms with van der Waals surface area (Å²) >= 11 is 2.17. The van der Waals surface area contributed by atoms with Crippen molar-refractivity contribution in [1.82, 2.24) is 9.97 Å². The smallest absolute Gasteiger partial charge is 0.230 e. The average Bonchev–Trinajstić information content (AvgIpc) is 2.09. The lowest BCUT2D eigenvalue weighted by Gasteiger charge is -2.24. The summed E-state index contributed by atoms with van der Waals surface area (Å²) in [5.74, 6) is 0.669. The Balaban J connectivity index is 2.80. The van der Waals surface area contributed by atoms with Crippen molar-refractivity contribution in [3.8, 4) is 5.88 Å². The quantitative estimate of drug-likeness (QED) is 0.803. The summed E-state index contributed by atoms with van der Waals surface area (Å²) in [7, 11) is 0. The molecule has 0 radical (unpaired) electrons. The van der Waals surface area contributed by atoms with Gasteiger partial charge in [-0.1, -0.05) is 6.92 Å². The molecular formula is C9H13IN2O. The first-order valence-electron chi connectivity index (χ1n) is 4.19. The van der Waals surface area contributed by atoms with Crippen LogP contribution in [-0.2, 0) is 0 Å². The van der Waals surface area contributed by atoms with Crippen molar-refractivity contribution in [2.75, 3.05) is 0 Å².